The molecule has 0 radical (unpaired) electrons. The van der Waals surface area contributed by atoms with Crippen LogP contribution in [0.1, 0.15) is 10.4 Å². The molecule has 0 saturated carbocycles. The summed E-state index contributed by atoms with van der Waals surface area (Å²) in [7, 11) is 4.69. The molecule has 1 aromatic rings. The molecule has 2 atom stereocenters. The summed E-state index contributed by atoms with van der Waals surface area (Å²) in [5, 5.41) is 9.90. The van der Waals surface area contributed by atoms with Gasteiger partial charge in [-0.25, -0.2) is 0 Å². The lowest BCUT2D eigenvalue weighted by atomic mass is 9.95. The molecule has 23 heavy (non-hydrogen) atoms. The van der Waals surface area contributed by atoms with Gasteiger partial charge in [-0.15, -0.1) is 0 Å². The molecular weight excluding hydrogens is 296 g/mol. The second-order valence-corrected chi connectivity index (χ2v) is 5.02. The van der Waals surface area contributed by atoms with Crippen molar-refractivity contribution < 1.29 is 24.1 Å². The zero-order chi connectivity index (χ0) is 16.8. The Labute approximate surface area is 135 Å². The molecule has 1 aromatic carbocycles. The van der Waals surface area contributed by atoms with E-state index in [-0.39, 0.29) is 29.1 Å². The van der Waals surface area contributed by atoms with Crippen molar-refractivity contribution in [2.75, 3.05) is 21.3 Å². The van der Waals surface area contributed by atoms with Crippen LogP contribution >= 0.6 is 0 Å². The van der Waals surface area contributed by atoms with Crippen molar-refractivity contribution in [3.05, 3.63) is 59.9 Å². The lowest BCUT2D eigenvalue weighted by Gasteiger charge is -2.21. The summed E-state index contributed by atoms with van der Waals surface area (Å²) in [6.07, 6.45) is 8.58. The fourth-order valence-electron chi connectivity index (χ4n) is 2.31. The van der Waals surface area contributed by atoms with Gasteiger partial charge in [-0.2, -0.15) is 0 Å². The first-order valence-corrected chi connectivity index (χ1v) is 7.15. The van der Waals surface area contributed by atoms with Gasteiger partial charge in [-0.05, 0) is 30.4 Å². The Hall–Kier alpha value is -2.53. The van der Waals surface area contributed by atoms with Crippen LogP contribution < -0.4 is 4.74 Å². The van der Waals surface area contributed by atoms with Gasteiger partial charge >= 0.3 is 0 Å². The Morgan fingerprint density at radius 1 is 1.22 bits per heavy atom. The first-order valence-electron chi connectivity index (χ1n) is 7.15. The number of ketones is 1. The number of phenols is 1. The molecule has 2 unspecified atom stereocenters. The Morgan fingerprint density at radius 3 is 2.61 bits per heavy atom. The minimum Gasteiger partial charge on any atom is -0.507 e. The number of carbonyl (C=O) groups excluding carboxylic acids is 1. The number of benzene rings is 1. The summed E-state index contributed by atoms with van der Waals surface area (Å²) in [6, 6.07) is 4.58. The first-order chi connectivity index (χ1) is 11.1. The molecule has 0 spiro atoms. The quantitative estimate of drug-likeness (QED) is 0.646. The van der Waals surface area contributed by atoms with Gasteiger partial charge in [0.15, 0.2) is 5.78 Å². The van der Waals surface area contributed by atoms with Gasteiger partial charge in [0, 0.05) is 19.1 Å². The third kappa shape index (κ3) is 4.02. The zero-order valence-electron chi connectivity index (χ0n) is 13.4. The van der Waals surface area contributed by atoms with E-state index in [1.165, 1.54) is 25.3 Å². The van der Waals surface area contributed by atoms with Crippen LogP contribution in [0, 0.1) is 5.92 Å². The Kier molecular flexibility index (Phi) is 5.60. The monoisotopic (exact) mass is 316 g/mol. The topological polar surface area (TPSA) is 65.0 Å². The van der Waals surface area contributed by atoms with Gasteiger partial charge in [0.2, 0.25) is 0 Å². The fourth-order valence-corrected chi connectivity index (χ4v) is 2.31. The van der Waals surface area contributed by atoms with Crippen LogP contribution in [0.5, 0.6) is 11.5 Å². The standard InChI is InChI=1S/C18H20O5/c1-21-13-7-8-15(17(20)10-13)16(19)9-5-12-4-6-14(22-2)11-18(12)23-3/h4-12,18,20H,1-3H3. The van der Waals surface area contributed by atoms with E-state index in [0.717, 1.165) is 5.76 Å². The summed E-state index contributed by atoms with van der Waals surface area (Å²) in [6.45, 7) is 0. The van der Waals surface area contributed by atoms with Gasteiger partial charge in [0.05, 0.1) is 25.9 Å². The van der Waals surface area contributed by atoms with Gasteiger partial charge in [0.1, 0.15) is 17.3 Å². The summed E-state index contributed by atoms with van der Waals surface area (Å²) >= 11 is 0. The molecule has 5 nitrogen and oxygen atoms in total. The van der Waals surface area contributed by atoms with Crippen molar-refractivity contribution in [3.8, 4) is 11.5 Å². The number of phenolic OH excluding ortho intramolecular Hbond substituents is 1. The first kappa shape index (κ1) is 16.8. The van der Waals surface area contributed by atoms with E-state index in [1.807, 2.05) is 18.2 Å². The van der Waals surface area contributed by atoms with Gasteiger partial charge < -0.3 is 19.3 Å². The summed E-state index contributed by atoms with van der Waals surface area (Å²) < 4.78 is 15.6. The molecule has 1 aliphatic rings. The highest BCUT2D eigenvalue weighted by atomic mass is 16.5. The number of aromatic hydroxyl groups is 1. The van der Waals surface area contributed by atoms with E-state index < -0.39 is 0 Å². The van der Waals surface area contributed by atoms with Crippen molar-refractivity contribution in [1.29, 1.82) is 0 Å². The van der Waals surface area contributed by atoms with Crippen LogP contribution in [-0.2, 0) is 9.47 Å². The lowest BCUT2D eigenvalue weighted by molar-refractivity contribution is 0.103. The molecule has 122 valence electrons. The number of methoxy groups -OCH3 is 3. The number of allylic oxidation sites excluding steroid dienone is 2. The smallest absolute Gasteiger partial charge is 0.189 e. The van der Waals surface area contributed by atoms with Crippen LogP contribution in [0.3, 0.4) is 0 Å². The SMILES string of the molecule is COC1=CC(OC)C(C=CC(=O)c2ccc(OC)cc2O)C=C1. The van der Waals surface area contributed by atoms with E-state index in [9.17, 15) is 9.90 Å². The molecular formula is C18H20O5. The molecule has 0 saturated heterocycles. The highest BCUT2D eigenvalue weighted by Gasteiger charge is 2.19. The van der Waals surface area contributed by atoms with Crippen molar-refractivity contribution in [2.24, 2.45) is 5.92 Å². The summed E-state index contributed by atoms with van der Waals surface area (Å²) in [5.74, 6) is 0.747. The predicted molar refractivity (Wildman–Crippen MR) is 86.6 cm³/mol. The van der Waals surface area contributed by atoms with Gasteiger partial charge in [-0.1, -0.05) is 12.2 Å². The van der Waals surface area contributed by atoms with Crippen LogP contribution in [0.15, 0.2) is 54.3 Å². The number of ether oxygens (including phenoxy) is 3. The third-order valence-electron chi connectivity index (χ3n) is 3.64. The second kappa shape index (κ2) is 7.65. The van der Waals surface area contributed by atoms with Crippen LogP contribution in [0.4, 0.5) is 0 Å². The third-order valence-corrected chi connectivity index (χ3v) is 3.64. The lowest BCUT2D eigenvalue weighted by Crippen LogP contribution is -2.20. The molecule has 0 bridgehead atoms. The zero-order valence-corrected chi connectivity index (χ0v) is 13.4. The van der Waals surface area contributed by atoms with E-state index in [0.29, 0.717) is 5.75 Å². The number of rotatable bonds is 6. The molecule has 0 aliphatic heterocycles. The second-order valence-electron chi connectivity index (χ2n) is 5.02. The maximum absolute atomic E-state index is 12.2. The molecule has 0 heterocycles. The van der Waals surface area contributed by atoms with Gasteiger partial charge in [-0.3, -0.25) is 4.79 Å². The highest BCUT2D eigenvalue weighted by molar-refractivity contribution is 6.06. The van der Waals surface area contributed by atoms with Crippen LogP contribution in [0.25, 0.3) is 0 Å². The Bertz CT molecular complexity index is 657. The number of hydrogen-bond acceptors (Lipinski definition) is 5. The maximum atomic E-state index is 12.2. The Morgan fingerprint density at radius 2 is 2.00 bits per heavy atom. The molecule has 0 fully saturated rings. The van der Waals surface area contributed by atoms with E-state index in [4.69, 9.17) is 14.2 Å². The molecule has 1 N–H and O–H groups in total. The minimum atomic E-state index is -0.282. The van der Waals surface area contributed by atoms with Crippen molar-refractivity contribution >= 4 is 5.78 Å². The van der Waals surface area contributed by atoms with Crippen molar-refractivity contribution in [1.82, 2.24) is 0 Å². The molecule has 2 rings (SSSR count). The largest absolute Gasteiger partial charge is 0.507 e. The summed E-state index contributed by atoms with van der Waals surface area (Å²) in [5.41, 5.74) is 0.226. The van der Waals surface area contributed by atoms with Crippen molar-refractivity contribution in [3.63, 3.8) is 0 Å². The van der Waals surface area contributed by atoms with E-state index >= 15 is 0 Å². The van der Waals surface area contributed by atoms with Crippen LogP contribution in [0.2, 0.25) is 0 Å². The van der Waals surface area contributed by atoms with E-state index in [1.54, 1.807) is 26.4 Å². The Balaban J connectivity index is 2.12. The molecule has 0 aromatic heterocycles. The minimum absolute atomic E-state index is 0.0803. The van der Waals surface area contributed by atoms with E-state index in [2.05, 4.69) is 0 Å². The number of carbonyl (C=O) groups is 1. The fraction of sp³-hybridized carbons (Fsp3) is 0.278. The van der Waals surface area contributed by atoms with Gasteiger partial charge in [0.25, 0.3) is 0 Å². The summed E-state index contributed by atoms with van der Waals surface area (Å²) in [4.78, 5) is 12.2. The molecule has 5 heteroatoms. The number of hydrogen-bond donors (Lipinski definition) is 1. The highest BCUT2D eigenvalue weighted by Crippen LogP contribution is 2.25. The van der Waals surface area contributed by atoms with Crippen molar-refractivity contribution in [2.45, 2.75) is 6.10 Å². The predicted octanol–water partition coefficient (Wildman–Crippen LogP) is 2.87. The maximum Gasteiger partial charge on any atom is 0.189 e. The average Bonchev–Trinajstić information content (AvgIpc) is 2.59. The molecule has 1 aliphatic carbocycles. The average molecular weight is 316 g/mol. The molecule has 0 amide bonds. The van der Waals surface area contributed by atoms with Crippen LogP contribution in [-0.4, -0.2) is 38.3 Å². The normalized spacial score (nSPS) is 20.4.